The minimum absolute atomic E-state index is 0.592. The summed E-state index contributed by atoms with van der Waals surface area (Å²) in [7, 11) is 0. The first kappa shape index (κ1) is 8.84. The summed E-state index contributed by atoms with van der Waals surface area (Å²) in [5, 5.41) is 0. The molecule has 0 aliphatic rings. The van der Waals surface area contributed by atoms with Gasteiger partial charge in [0.25, 0.3) is 0 Å². The van der Waals surface area contributed by atoms with Crippen LogP contribution in [0.15, 0.2) is 43.0 Å². The van der Waals surface area contributed by atoms with Crippen LogP contribution in [0.25, 0.3) is 17.0 Å². The van der Waals surface area contributed by atoms with Gasteiger partial charge in [-0.05, 0) is 18.2 Å². The smallest absolute Gasteiger partial charge is 0.139 e. The van der Waals surface area contributed by atoms with E-state index in [9.17, 15) is 0 Å². The van der Waals surface area contributed by atoms with Crippen molar-refractivity contribution in [2.24, 2.45) is 0 Å². The highest BCUT2D eigenvalue weighted by atomic mass is 15.1. The predicted molar refractivity (Wildman–Crippen MR) is 60.6 cm³/mol. The molecule has 5 heteroatoms. The summed E-state index contributed by atoms with van der Waals surface area (Å²) in [6.45, 7) is 0. The Bertz CT molecular complexity index is 629. The van der Waals surface area contributed by atoms with Crippen molar-refractivity contribution in [2.75, 3.05) is 5.73 Å². The van der Waals surface area contributed by atoms with Crippen molar-refractivity contribution in [3.63, 3.8) is 0 Å². The molecule has 0 radical (unpaired) electrons. The Balaban J connectivity index is 2.29. The normalized spacial score (nSPS) is 10.8. The molecule has 0 saturated carbocycles. The van der Waals surface area contributed by atoms with Gasteiger partial charge in [-0.15, -0.1) is 0 Å². The largest absolute Gasteiger partial charge is 0.383 e. The van der Waals surface area contributed by atoms with Crippen LogP contribution >= 0.6 is 0 Å². The molecule has 5 nitrogen and oxygen atoms in total. The van der Waals surface area contributed by atoms with Crippen LogP contribution in [0.2, 0.25) is 0 Å². The average molecular weight is 211 g/mol. The SMILES string of the molecule is Nc1c(-c2ccncn2)nc2ccccn12. The third-order valence-electron chi connectivity index (χ3n) is 2.39. The maximum absolute atomic E-state index is 6.01. The third-order valence-corrected chi connectivity index (χ3v) is 2.39. The molecule has 0 aliphatic heterocycles. The van der Waals surface area contributed by atoms with Gasteiger partial charge in [-0.2, -0.15) is 0 Å². The van der Waals surface area contributed by atoms with Gasteiger partial charge >= 0.3 is 0 Å². The fourth-order valence-corrected chi connectivity index (χ4v) is 1.63. The zero-order valence-corrected chi connectivity index (χ0v) is 8.41. The molecule has 0 bridgehead atoms. The molecule has 0 aromatic carbocycles. The lowest BCUT2D eigenvalue weighted by atomic mass is 10.3. The molecule has 3 rings (SSSR count). The van der Waals surface area contributed by atoms with E-state index in [0.717, 1.165) is 11.3 Å². The van der Waals surface area contributed by atoms with Gasteiger partial charge in [0, 0.05) is 12.4 Å². The van der Waals surface area contributed by atoms with Crippen molar-refractivity contribution in [3.05, 3.63) is 43.0 Å². The van der Waals surface area contributed by atoms with E-state index >= 15 is 0 Å². The maximum Gasteiger partial charge on any atom is 0.139 e. The van der Waals surface area contributed by atoms with Gasteiger partial charge in [-0.25, -0.2) is 15.0 Å². The number of hydrogen-bond donors (Lipinski definition) is 1. The quantitative estimate of drug-likeness (QED) is 0.660. The van der Waals surface area contributed by atoms with Crippen molar-refractivity contribution in [1.82, 2.24) is 19.4 Å². The van der Waals surface area contributed by atoms with E-state index in [1.165, 1.54) is 6.33 Å². The number of fused-ring (bicyclic) bond motifs is 1. The van der Waals surface area contributed by atoms with Crippen molar-refractivity contribution in [3.8, 4) is 11.4 Å². The minimum atomic E-state index is 0.592. The van der Waals surface area contributed by atoms with E-state index in [1.54, 1.807) is 12.3 Å². The lowest BCUT2D eigenvalue weighted by molar-refractivity contribution is 1.16. The molecule has 78 valence electrons. The number of anilines is 1. The molecule has 3 aromatic heterocycles. The van der Waals surface area contributed by atoms with Gasteiger partial charge in [0.05, 0.1) is 5.69 Å². The summed E-state index contributed by atoms with van der Waals surface area (Å²) in [5.41, 5.74) is 8.25. The van der Waals surface area contributed by atoms with E-state index in [4.69, 9.17) is 5.73 Å². The van der Waals surface area contributed by atoms with E-state index in [-0.39, 0.29) is 0 Å². The monoisotopic (exact) mass is 211 g/mol. The Labute approximate surface area is 91.6 Å². The van der Waals surface area contributed by atoms with Crippen LogP contribution in [0.1, 0.15) is 0 Å². The Morgan fingerprint density at radius 1 is 1.19 bits per heavy atom. The van der Waals surface area contributed by atoms with Crippen LogP contribution in [0, 0.1) is 0 Å². The average Bonchev–Trinajstić information content (AvgIpc) is 2.69. The summed E-state index contributed by atoms with van der Waals surface area (Å²) in [6.07, 6.45) is 5.03. The molecule has 0 spiro atoms. The Hall–Kier alpha value is -2.43. The van der Waals surface area contributed by atoms with Gasteiger partial charge in [0.2, 0.25) is 0 Å². The summed E-state index contributed by atoms with van der Waals surface area (Å²) < 4.78 is 1.83. The number of aromatic nitrogens is 4. The van der Waals surface area contributed by atoms with Crippen molar-refractivity contribution < 1.29 is 0 Å². The van der Waals surface area contributed by atoms with Crippen LogP contribution in [0.3, 0.4) is 0 Å². The molecule has 0 unspecified atom stereocenters. The van der Waals surface area contributed by atoms with E-state index in [1.807, 2.05) is 28.8 Å². The second-order valence-electron chi connectivity index (χ2n) is 3.37. The van der Waals surface area contributed by atoms with E-state index < -0.39 is 0 Å². The Morgan fingerprint density at radius 2 is 2.12 bits per heavy atom. The Morgan fingerprint density at radius 3 is 2.88 bits per heavy atom. The molecule has 0 amide bonds. The molecule has 3 heterocycles. The van der Waals surface area contributed by atoms with Crippen LogP contribution in [-0.4, -0.2) is 19.4 Å². The van der Waals surface area contributed by atoms with E-state index in [2.05, 4.69) is 15.0 Å². The molecular formula is C11H9N5. The second kappa shape index (κ2) is 3.30. The number of pyridine rings is 1. The maximum atomic E-state index is 6.01. The number of nitrogens with two attached hydrogens (primary N) is 1. The first-order valence-electron chi connectivity index (χ1n) is 4.85. The highest BCUT2D eigenvalue weighted by Gasteiger charge is 2.10. The predicted octanol–water partition coefficient (Wildman–Crippen LogP) is 1.37. The van der Waals surface area contributed by atoms with Crippen LogP contribution < -0.4 is 5.73 Å². The summed E-state index contributed by atoms with van der Waals surface area (Å²) in [5.74, 6) is 0.592. The first-order valence-corrected chi connectivity index (χ1v) is 4.85. The molecule has 0 saturated heterocycles. The molecular weight excluding hydrogens is 202 g/mol. The zero-order chi connectivity index (χ0) is 11.0. The second-order valence-corrected chi connectivity index (χ2v) is 3.37. The standard InChI is InChI=1S/C11H9N5/c12-11-10(8-4-5-13-7-14-8)15-9-3-1-2-6-16(9)11/h1-7H,12H2. The minimum Gasteiger partial charge on any atom is -0.383 e. The van der Waals surface area contributed by atoms with E-state index in [0.29, 0.717) is 11.5 Å². The van der Waals surface area contributed by atoms with Crippen molar-refractivity contribution in [2.45, 2.75) is 0 Å². The van der Waals surface area contributed by atoms with Gasteiger partial charge in [0.15, 0.2) is 0 Å². The van der Waals surface area contributed by atoms with Gasteiger partial charge in [-0.1, -0.05) is 6.07 Å². The zero-order valence-electron chi connectivity index (χ0n) is 8.41. The molecule has 2 N–H and O–H groups in total. The van der Waals surface area contributed by atoms with Crippen LogP contribution in [0.4, 0.5) is 5.82 Å². The van der Waals surface area contributed by atoms with Gasteiger partial charge in [0.1, 0.15) is 23.5 Å². The lowest BCUT2D eigenvalue weighted by Gasteiger charge is -1.96. The summed E-state index contributed by atoms with van der Waals surface area (Å²) in [6, 6.07) is 7.53. The highest BCUT2D eigenvalue weighted by molar-refractivity contribution is 5.72. The third kappa shape index (κ3) is 1.22. The fraction of sp³-hybridized carbons (Fsp3) is 0. The summed E-state index contributed by atoms with van der Waals surface area (Å²) >= 11 is 0. The topological polar surface area (TPSA) is 69.1 Å². The number of nitrogen functional groups attached to an aromatic ring is 1. The number of rotatable bonds is 1. The molecule has 3 aromatic rings. The highest BCUT2D eigenvalue weighted by Crippen LogP contribution is 2.23. The first-order chi connectivity index (χ1) is 7.86. The summed E-state index contributed by atoms with van der Waals surface area (Å²) in [4.78, 5) is 12.4. The van der Waals surface area contributed by atoms with Crippen molar-refractivity contribution >= 4 is 11.5 Å². The molecule has 0 fully saturated rings. The number of nitrogens with zero attached hydrogens (tertiary/aromatic N) is 4. The molecule has 16 heavy (non-hydrogen) atoms. The Kier molecular flexibility index (Phi) is 1.83. The van der Waals surface area contributed by atoms with Crippen molar-refractivity contribution in [1.29, 1.82) is 0 Å². The van der Waals surface area contributed by atoms with Gasteiger partial charge in [-0.3, -0.25) is 4.40 Å². The molecule has 0 atom stereocenters. The molecule has 0 aliphatic carbocycles. The van der Waals surface area contributed by atoms with Crippen LogP contribution in [0.5, 0.6) is 0 Å². The van der Waals surface area contributed by atoms with Gasteiger partial charge < -0.3 is 5.73 Å². The lowest BCUT2D eigenvalue weighted by Crippen LogP contribution is -1.94. The van der Waals surface area contributed by atoms with Crippen LogP contribution in [-0.2, 0) is 0 Å². The number of imidazole rings is 1. The number of hydrogen-bond acceptors (Lipinski definition) is 4. The fourth-order valence-electron chi connectivity index (χ4n) is 1.63.